The van der Waals surface area contributed by atoms with Gasteiger partial charge in [0.2, 0.25) is 0 Å². The predicted octanol–water partition coefficient (Wildman–Crippen LogP) is 5.75. The number of hydrogen-bond acceptors (Lipinski definition) is 6. The fourth-order valence-corrected chi connectivity index (χ4v) is 2.85. The minimum atomic E-state index is -10.7. The summed E-state index contributed by atoms with van der Waals surface area (Å²) < 4.78 is 59.2. The second kappa shape index (κ2) is 9.12. The first-order chi connectivity index (χ1) is 15.0. The van der Waals surface area contributed by atoms with Gasteiger partial charge in [0.05, 0.1) is 5.70 Å². The molecule has 13 heteroatoms. The van der Waals surface area contributed by atoms with E-state index >= 15 is 0 Å². The molecule has 2 aliphatic heterocycles. The first-order valence-electron chi connectivity index (χ1n) is 9.49. The van der Waals surface area contributed by atoms with Crippen LogP contribution in [0.5, 0.6) is 0 Å². The van der Waals surface area contributed by atoms with E-state index in [0.29, 0.717) is 0 Å². The molecule has 33 heavy (non-hydrogen) atoms. The van der Waals surface area contributed by atoms with Crippen molar-refractivity contribution >= 4 is 19.2 Å². The summed E-state index contributed by atoms with van der Waals surface area (Å²) in [6.07, 6.45) is 5.25. The van der Waals surface area contributed by atoms with E-state index in [-0.39, 0.29) is 0 Å². The third-order valence-electron chi connectivity index (χ3n) is 4.01. The Kier molecular flexibility index (Phi) is 7.27. The predicted molar refractivity (Wildman–Crippen MR) is 118 cm³/mol. The van der Waals surface area contributed by atoms with Crippen LogP contribution < -0.4 is 11.1 Å². The molecule has 0 unspecified atom stereocenters. The summed E-state index contributed by atoms with van der Waals surface area (Å²) in [4.78, 5) is 0. The number of hydrogen-bond donors (Lipinski definition) is 2. The number of nitrogens with one attached hydrogen (secondary N) is 2. The molecule has 2 aromatic rings. The summed E-state index contributed by atoms with van der Waals surface area (Å²) in [6, 6.07) is 20.5. The van der Waals surface area contributed by atoms with Gasteiger partial charge in [0, 0.05) is 40.0 Å². The molecule has 184 valence electrons. The van der Waals surface area contributed by atoms with E-state index < -0.39 is 7.81 Å². The van der Waals surface area contributed by atoms with Gasteiger partial charge in [0.1, 0.15) is 0 Å². The van der Waals surface area contributed by atoms with Crippen molar-refractivity contribution in [3.63, 3.8) is 0 Å². The Labute approximate surface area is 188 Å². The average Bonchev–Trinajstić information content (AvgIpc) is 3.21. The number of benzene rings is 2. The third kappa shape index (κ3) is 10.5. The maximum absolute atomic E-state index is 10.7. The summed E-state index contributed by atoms with van der Waals surface area (Å²) in [6.45, 7) is 0. The Hall–Kier alpha value is -2.95. The molecule has 0 spiro atoms. The van der Waals surface area contributed by atoms with Gasteiger partial charge in [-0.3, -0.25) is 10.0 Å². The van der Waals surface area contributed by atoms with Crippen LogP contribution in [0.25, 0.3) is 11.4 Å². The van der Waals surface area contributed by atoms with Crippen molar-refractivity contribution in [1.29, 1.82) is 0 Å². The van der Waals surface area contributed by atoms with Gasteiger partial charge in [-0.25, -0.2) is 0 Å². The van der Waals surface area contributed by atoms with Gasteiger partial charge in [-0.15, -0.1) is 29.4 Å². The number of hydrazine groups is 4. The van der Waals surface area contributed by atoms with Gasteiger partial charge in [0.25, 0.3) is 0 Å². The summed E-state index contributed by atoms with van der Waals surface area (Å²) in [5.41, 5.74) is 10.9. The topological polar surface area (TPSA) is 37.0 Å². The van der Waals surface area contributed by atoms with Crippen molar-refractivity contribution in [2.24, 2.45) is 0 Å². The molecule has 0 aliphatic carbocycles. The van der Waals surface area contributed by atoms with Crippen LogP contribution in [0.15, 0.2) is 66.9 Å². The van der Waals surface area contributed by atoms with Gasteiger partial charge in [0.15, 0.2) is 0 Å². The molecule has 0 atom stereocenters. The minimum absolute atomic E-state index is 1.06. The van der Waals surface area contributed by atoms with Gasteiger partial charge in [-0.1, -0.05) is 54.2 Å². The summed E-state index contributed by atoms with van der Waals surface area (Å²) >= 11 is 0. The van der Waals surface area contributed by atoms with Crippen molar-refractivity contribution in [3.8, 4) is 0 Å². The van der Waals surface area contributed by atoms with Gasteiger partial charge in [-0.05, 0) is 0 Å². The van der Waals surface area contributed by atoms with Crippen LogP contribution in [0.3, 0.4) is 0 Å². The van der Waals surface area contributed by atoms with E-state index in [4.69, 9.17) is 0 Å². The van der Waals surface area contributed by atoms with E-state index in [2.05, 4.69) is 47.7 Å². The van der Waals surface area contributed by atoms with Gasteiger partial charge < -0.3 is 10.0 Å². The Morgan fingerprint density at radius 3 is 1.48 bits per heavy atom. The van der Waals surface area contributed by atoms with Crippen LogP contribution in [0.4, 0.5) is 25.2 Å². The third-order valence-corrected chi connectivity index (χ3v) is 4.01. The molecular formula is C20H25F6N6P-2. The van der Waals surface area contributed by atoms with Crippen molar-refractivity contribution < 1.29 is 25.2 Å². The van der Waals surface area contributed by atoms with E-state index in [1.165, 1.54) is 16.8 Å². The van der Waals surface area contributed by atoms with Gasteiger partial charge in [-0.2, -0.15) is 5.53 Å². The molecule has 2 heterocycles. The zero-order chi connectivity index (χ0) is 24.9. The van der Waals surface area contributed by atoms with Crippen LogP contribution in [0, 0.1) is 6.20 Å². The second-order valence-corrected chi connectivity index (χ2v) is 9.07. The van der Waals surface area contributed by atoms with Crippen LogP contribution >= 0.6 is 7.81 Å². The molecule has 0 saturated heterocycles. The van der Waals surface area contributed by atoms with Crippen molar-refractivity contribution in [1.82, 2.24) is 31.1 Å². The first kappa shape index (κ1) is 26.3. The quantitative estimate of drug-likeness (QED) is 0.315. The molecule has 2 aromatic carbocycles. The number of rotatable bonds is 2. The molecule has 0 saturated carbocycles. The van der Waals surface area contributed by atoms with Crippen LogP contribution in [-0.4, -0.2) is 48.2 Å². The van der Waals surface area contributed by atoms with E-state index in [0.717, 1.165) is 5.70 Å². The van der Waals surface area contributed by atoms with Crippen LogP contribution in [-0.2, 0) is 0 Å². The molecule has 0 amide bonds. The van der Waals surface area contributed by atoms with Crippen LogP contribution in [0.1, 0.15) is 11.1 Å². The molecule has 2 aliphatic rings. The summed E-state index contributed by atoms with van der Waals surface area (Å²) in [7, 11) is -2.78. The van der Waals surface area contributed by atoms with E-state index in [1.807, 2.05) is 84.6 Å². The van der Waals surface area contributed by atoms with E-state index in [9.17, 15) is 25.2 Å². The molecule has 0 radical (unpaired) electrons. The Morgan fingerprint density at radius 1 is 0.667 bits per heavy atom. The van der Waals surface area contributed by atoms with Crippen molar-refractivity contribution in [3.05, 3.63) is 84.2 Å². The average molecular weight is 494 g/mol. The molecule has 2 N–H and O–H groups in total. The molecular weight excluding hydrogens is 469 g/mol. The van der Waals surface area contributed by atoms with Crippen molar-refractivity contribution in [2.75, 3.05) is 28.2 Å². The Morgan fingerprint density at radius 2 is 1.12 bits per heavy atom. The fourth-order valence-electron chi connectivity index (χ4n) is 2.85. The summed E-state index contributed by atoms with van der Waals surface area (Å²) in [5, 5.41) is 7.68. The zero-order valence-corrected chi connectivity index (χ0v) is 19.2. The first-order valence-corrected chi connectivity index (χ1v) is 11.5. The van der Waals surface area contributed by atoms with Gasteiger partial charge >= 0.3 is 33.0 Å². The van der Waals surface area contributed by atoms with Crippen LogP contribution in [0.2, 0.25) is 0 Å². The standard InChI is InChI=1S/C10H13N3.C10H12N3.F6P/c2*1-12-8-10(13(2)11-12)9-6-4-3-5-7-9;1-7(2,3,4,5)6/h3-8,11H,1-2H3;3-7,11H,1-2H3;/q;2*-1. The normalized spacial score (nSPS) is 17.8. The molecule has 6 nitrogen and oxygen atoms in total. The molecule has 0 aromatic heterocycles. The SMILES string of the molecule is CN1C=C(c2ccccc2)N(C)N1.CN1[C-]=C(c2ccccc2)N(C)N1.F[P-](F)(F)(F)(F)F. The maximum atomic E-state index is 9.87. The Balaban J connectivity index is 0.000000185. The monoisotopic (exact) mass is 494 g/mol. The molecule has 4 rings (SSSR count). The Bertz CT molecular complexity index is 904. The number of nitrogens with zero attached hydrogens (tertiary/aromatic N) is 4. The number of halogens is 6. The second-order valence-electron chi connectivity index (χ2n) is 7.15. The van der Waals surface area contributed by atoms with Crippen molar-refractivity contribution in [2.45, 2.75) is 0 Å². The summed E-state index contributed by atoms with van der Waals surface area (Å²) in [5.74, 6) is 0. The fraction of sp³-hybridized carbons (Fsp3) is 0.200. The zero-order valence-electron chi connectivity index (χ0n) is 18.4. The molecule has 0 bridgehead atoms. The molecule has 0 fully saturated rings. The van der Waals surface area contributed by atoms with E-state index in [1.54, 1.807) is 0 Å².